The quantitative estimate of drug-likeness (QED) is 0.822. The maximum absolute atomic E-state index is 12.6. The van der Waals surface area contributed by atoms with E-state index in [2.05, 4.69) is 0 Å². The van der Waals surface area contributed by atoms with Gasteiger partial charge in [-0.1, -0.05) is 19.3 Å². The van der Waals surface area contributed by atoms with Gasteiger partial charge in [0.05, 0.1) is 23.8 Å². The molecule has 1 saturated carbocycles. The van der Waals surface area contributed by atoms with Gasteiger partial charge in [0, 0.05) is 0 Å². The van der Waals surface area contributed by atoms with Crippen molar-refractivity contribution >= 4 is 0 Å². The third-order valence-corrected chi connectivity index (χ3v) is 3.44. The molecule has 0 aromatic heterocycles. The number of alkyl halides is 3. The molecule has 0 amide bonds. The van der Waals surface area contributed by atoms with Gasteiger partial charge in [-0.15, -0.1) is 0 Å². The van der Waals surface area contributed by atoms with E-state index in [9.17, 15) is 13.2 Å². The second kappa shape index (κ2) is 5.52. The summed E-state index contributed by atoms with van der Waals surface area (Å²) in [7, 11) is 0. The molecule has 1 aliphatic carbocycles. The maximum atomic E-state index is 12.6. The first-order chi connectivity index (χ1) is 9.00. The van der Waals surface area contributed by atoms with Gasteiger partial charge in [0.1, 0.15) is 5.75 Å². The summed E-state index contributed by atoms with van der Waals surface area (Å²) in [6.45, 7) is 0.487. The lowest BCUT2D eigenvalue weighted by atomic mass is 9.83. The van der Waals surface area contributed by atoms with Crippen LogP contribution in [0.25, 0.3) is 0 Å². The molecule has 0 spiro atoms. The van der Waals surface area contributed by atoms with Crippen LogP contribution in [0.4, 0.5) is 13.2 Å². The van der Waals surface area contributed by atoms with Crippen molar-refractivity contribution in [3.8, 4) is 11.8 Å². The highest BCUT2D eigenvalue weighted by Gasteiger charge is 2.33. The van der Waals surface area contributed by atoms with Gasteiger partial charge in [-0.3, -0.25) is 0 Å². The Morgan fingerprint density at radius 3 is 2.58 bits per heavy atom. The van der Waals surface area contributed by atoms with E-state index in [-0.39, 0.29) is 0 Å². The van der Waals surface area contributed by atoms with E-state index in [1.807, 2.05) is 0 Å². The first-order valence-corrected chi connectivity index (χ1v) is 6.25. The van der Waals surface area contributed by atoms with Crippen molar-refractivity contribution in [2.24, 2.45) is 5.92 Å². The number of benzene rings is 1. The van der Waals surface area contributed by atoms with Crippen molar-refractivity contribution in [3.05, 3.63) is 29.3 Å². The number of nitrogens with zero attached hydrogens (tertiary/aromatic N) is 1. The van der Waals surface area contributed by atoms with Gasteiger partial charge in [-0.25, -0.2) is 0 Å². The minimum atomic E-state index is -4.50. The second-order valence-electron chi connectivity index (χ2n) is 4.75. The van der Waals surface area contributed by atoms with Gasteiger partial charge in [-0.2, -0.15) is 18.4 Å². The summed E-state index contributed by atoms with van der Waals surface area (Å²) in [6, 6.07) is 4.89. The normalized spacial score (nSPS) is 15.7. The minimum absolute atomic E-state index is 0.323. The molecule has 2 nitrogen and oxygen atoms in total. The smallest absolute Gasteiger partial charge is 0.417 e. The van der Waals surface area contributed by atoms with E-state index in [1.54, 1.807) is 6.07 Å². The van der Waals surface area contributed by atoms with Gasteiger partial charge in [-0.05, 0) is 30.5 Å². The highest BCUT2D eigenvalue weighted by atomic mass is 19.4. The van der Waals surface area contributed by atoms with E-state index < -0.39 is 17.3 Å². The highest BCUT2D eigenvalue weighted by molar-refractivity contribution is 5.44. The Kier molecular flexibility index (Phi) is 3.98. The summed E-state index contributed by atoms with van der Waals surface area (Å²) in [5, 5.41) is 8.76. The molecule has 0 aliphatic heterocycles. The van der Waals surface area contributed by atoms with Gasteiger partial charge in [0.2, 0.25) is 0 Å². The third kappa shape index (κ3) is 3.40. The SMILES string of the molecule is N#Cc1cc(OCCC2CCC2)ccc1C(F)(F)F. The lowest BCUT2D eigenvalue weighted by Gasteiger charge is -2.25. The molecular weight excluding hydrogens is 255 g/mol. The van der Waals surface area contributed by atoms with Gasteiger partial charge >= 0.3 is 6.18 Å². The number of ether oxygens (including phenoxy) is 1. The Labute approximate surface area is 109 Å². The molecule has 2 rings (SSSR count). The monoisotopic (exact) mass is 269 g/mol. The molecule has 0 atom stereocenters. The Balaban J connectivity index is 2.00. The van der Waals surface area contributed by atoms with Crippen LogP contribution in [0, 0.1) is 17.2 Å². The molecule has 0 heterocycles. The van der Waals surface area contributed by atoms with Crippen LogP contribution in [0.3, 0.4) is 0 Å². The van der Waals surface area contributed by atoms with Crippen molar-refractivity contribution in [1.82, 2.24) is 0 Å². The van der Waals surface area contributed by atoms with Crippen molar-refractivity contribution in [2.45, 2.75) is 31.9 Å². The topological polar surface area (TPSA) is 33.0 Å². The standard InChI is InChI=1S/C14H14F3NO/c15-14(16,17)13-5-4-12(8-11(13)9-18)19-7-6-10-2-1-3-10/h4-5,8,10H,1-3,6-7H2. The van der Waals surface area contributed by atoms with Crippen molar-refractivity contribution in [1.29, 1.82) is 5.26 Å². The molecule has 1 aliphatic rings. The van der Waals surface area contributed by atoms with Gasteiger partial charge in [0.25, 0.3) is 0 Å². The maximum Gasteiger partial charge on any atom is 0.417 e. The van der Waals surface area contributed by atoms with Crippen LogP contribution in [0.5, 0.6) is 5.75 Å². The summed E-state index contributed by atoms with van der Waals surface area (Å²) in [6.07, 6.45) is 0.0849. The first kappa shape index (κ1) is 13.7. The number of nitriles is 1. The molecule has 0 unspecified atom stereocenters. The van der Waals surface area contributed by atoms with Crippen LogP contribution in [0.2, 0.25) is 0 Å². The molecule has 0 N–H and O–H groups in total. The fourth-order valence-electron chi connectivity index (χ4n) is 2.08. The second-order valence-corrected chi connectivity index (χ2v) is 4.75. The van der Waals surface area contributed by atoms with Crippen LogP contribution in [0.1, 0.15) is 36.8 Å². The lowest BCUT2D eigenvalue weighted by molar-refractivity contribution is -0.137. The molecule has 102 valence electrons. The average Bonchev–Trinajstić information content (AvgIpc) is 2.30. The largest absolute Gasteiger partial charge is 0.494 e. The Morgan fingerprint density at radius 2 is 2.05 bits per heavy atom. The molecule has 0 bridgehead atoms. The summed E-state index contributed by atoms with van der Waals surface area (Å²) in [5.74, 6) is 1.01. The zero-order valence-electron chi connectivity index (χ0n) is 10.3. The minimum Gasteiger partial charge on any atom is -0.494 e. The number of rotatable bonds is 4. The van der Waals surface area contributed by atoms with Crippen molar-refractivity contribution in [2.75, 3.05) is 6.61 Å². The Morgan fingerprint density at radius 1 is 1.32 bits per heavy atom. The molecule has 1 aromatic carbocycles. The molecule has 0 saturated heterocycles. The first-order valence-electron chi connectivity index (χ1n) is 6.25. The fourth-order valence-corrected chi connectivity index (χ4v) is 2.08. The number of hydrogen-bond acceptors (Lipinski definition) is 2. The Bertz CT molecular complexity index is 486. The van der Waals surface area contributed by atoms with Gasteiger partial charge < -0.3 is 4.74 Å². The van der Waals surface area contributed by atoms with Crippen LogP contribution in [-0.2, 0) is 6.18 Å². The zero-order chi connectivity index (χ0) is 13.9. The number of hydrogen-bond donors (Lipinski definition) is 0. The van der Waals surface area contributed by atoms with Crippen LogP contribution in [0.15, 0.2) is 18.2 Å². The summed E-state index contributed by atoms with van der Waals surface area (Å²) >= 11 is 0. The molecule has 1 fully saturated rings. The predicted octanol–water partition coefficient (Wildman–Crippen LogP) is 4.15. The Hall–Kier alpha value is -1.70. The van der Waals surface area contributed by atoms with Crippen LogP contribution < -0.4 is 4.74 Å². The summed E-state index contributed by atoms with van der Waals surface area (Å²) in [4.78, 5) is 0. The lowest BCUT2D eigenvalue weighted by Crippen LogP contribution is -2.14. The van der Waals surface area contributed by atoms with Crippen molar-refractivity contribution in [3.63, 3.8) is 0 Å². The van der Waals surface area contributed by atoms with E-state index >= 15 is 0 Å². The summed E-state index contributed by atoms with van der Waals surface area (Å²) < 4.78 is 43.2. The average molecular weight is 269 g/mol. The number of halogens is 3. The van der Waals surface area contributed by atoms with Crippen LogP contribution >= 0.6 is 0 Å². The molecule has 19 heavy (non-hydrogen) atoms. The van der Waals surface area contributed by atoms with E-state index in [1.165, 1.54) is 25.3 Å². The fraction of sp³-hybridized carbons (Fsp3) is 0.500. The van der Waals surface area contributed by atoms with Crippen LogP contribution in [-0.4, -0.2) is 6.61 Å². The molecular formula is C14H14F3NO. The van der Waals surface area contributed by atoms with E-state index in [0.717, 1.165) is 18.6 Å². The van der Waals surface area contributed by atoms with E-state index in [4.69, 9.17) is 10.00 Å². The highest BCUT2D eigenvalue weighted by Crippen LogP contribution is 2.34. The summed E-state index contributed by atoms with van der Waals surface area (Å²) in [5.41, 5.74) is -1.31. The van der Waals surface area contributed by atoms with Gasteiger partial charge in [0.15, 0.2) is 0 Å². The van der Waals surface area contributed by atoms with Crippen molar-refractivity contribution < 1.29 is 17.9 Å². The molecule has 0 radical (unpaired) electrons. The van der Waals surface area contributed by atoms with E-state index in [0.29, 0.717) is 18.3 Å². The molecule has 1 aromatic rings. The predicted molar refractivity (Wildman–Crippen MR) is 63.6 cm³/mol. The third-order valence-electron chi connectivity index (χ3n) is 3.44. The molecule has 5 heteroatoms. The zero-order valence-corrected chi connectivity index (χ0v) is 10.3.